The van der Waals surface area contributed by atoms with Crippen molar-refractivity contribution < 1.29 is 0 Å². The molecule has 0 atom stereocenters. The molecule has 2 heterocycles. The van der Waals surface area contributed by atoms with Crippen LogP contribution in [0, 0.1) is 0 Å². The smallest absolute Gasteiger partial charge is 0.278 e. The van der Waals surface area contributed by atoms with Crippen LogP contribution in [0.3, 0.4) is 0 Å². The molecule has 0 spiro atoms. The minimum Gasteiger partial charge on any atom is -0.394 e. The van der Waals surface area contributed by atoms with Crippen LogP contribution < -0.4 is 11.3 Å². The third kappa shape index (κ3) is 0.871. The van der Waals surface area contributed by atoms with Crippen molar-refractivity contribution in [3.05, 3.63) is 46.9 Å². The molecular formula is C9H8N2O. The van der Waals surface area contributed by atoms with E-state index in [0.29, 0.717) is 0 Å². The summed E-state index contributed by atoms with van der Waals surface area (Å²) in [7, 11) is 0. The van der Waals surface area contributed by atoms with Crippen LogP contribution in [-0.2, 0) is 0 Å². The molecule has 60 valence electrons. The maximum Gasteiger partial charge on any atom is 0.278 e. The first-order valence-electron chi connectivity index (χ1n) is 3.65. The SMILES string of the molecule is Nc1ccc2ccccn2c1=O. The molecular weight excluding hydrogens is 152 g/mol. The molecule has 2 N–H and O–H groups in total. The Morgan fingerprint density at radius 2 is 2.00 bits per heavy atom. The summed E-state index contributed by atoms with van der Waals surface area (Å²) >= 11 is 0. The number of fused-ring (bicyclic) bond motifs is 1. The van der Waals surface area contributed by atoms with Crippen molar-refractivity contribution in [2.24, 2.45) is 0 Å². The summed E-state index contributed by atoms with van der Waals surface area (Å²) in [6, 6.07) is 8.98. The highest BCUT2D eigenvalue weighted by Gasteiger charge is 1.96. The Labute approximate surface area is 69.1 Å². The molecule has 0 radical (unpaired) electrons. The van der Waals surface area contributed by atoms with Crippen LogP contribution in [0.1, 0.15) is 0 Å². The number of nitrogen functional groups attached to an aromatic ring is 1. The van der Waals surface area contributed by atoms with Gasteiger partial charge in [-0.3, -0.25) is 9.20 Å². The average Bonchev–Trinajstić information content (AvgIpc) is 2.12. The largest absolute Gasteiger partial charge is 0.394 e. The number of nitrogens with two attached hydrogens (primary N) is 1. The van der Waals surface area contributed by atoms with Gasteiger partial charge in [0, 0.05) is 11.7 Å². The highest BCUT2D eigenvalue weighted by molar-refractivity contribution is 5.51. The fourth-order valence-electron chi connectivity index (χ4n) is 1.16. The van der Waals surface area contributed by atoms with Crippen molar-refractivity contribution >= 4 is 11.2 Å². The summed E-state index contributed by atoms with van der Waals surface area (Å²) < 4.78 is 1.52. The first-order valence-corrected chi connectivity index (χ1v) is 3.65. The second kappa shape index (κ2) is 2.37. The molecule has 0 aliphatic rings. The van der Waals surface area contributed by atoms with Gasteiger partial charge in [-0.05, 0) is 24.3 Å². The summed E-state index contributed by atoms with van der Waals surface area (Å²) in [6.45, 7) is 0. The second-order valence-electron chi connectivity index (χ2n) is 2.59. The first-order chi connectivity index (χ1) is 5.79. The molecule has 0 amide bonds. The molecule has 12 heavy (non-hydrogen) atoms. The Morgan fingerprint density at radius 3 is 2.83 bits per heavy atom. The van der Waals surface area contributed by atoms with E-state index in [9.17, 15) is 4.79 Å². The predicted molar refractivity (Wildman–Crippen MR) is 48.1 cm³/mol. The lowest BCUT2D eigenvalue weighted by molar-refractivity contribution is 1.10. The molecule has 2 rings (SSSR count). The second-order valence-corrected chi connectivity index (χ2v) is 2.59. The Kier molecular flexibility index (Phi) is 1.37. The van der Waals surface area contributed by atoms with Gasteiger partial charge in [-0.15, -0.1) is 0 Å². The molecule has 2 aromatic heterocycles. The van der Waals surface area contributed by atoms with Crippen molar-refractivity contribution in [1.29, 1.82) is 0 Å². The van der Waals surface area contributed by atoms with Crippen molar-refractivity contribution in [2.45, 2.75) is 0 Å². The molecule has 0 bridgehead atoms. The lowest BCUT2D eigenvalue weighted by atomic mass is 10.3. The molecule has 0 aliphatic heterocycles. The van der Waals surface area contributed by atoms with Gasteiger partial charge in [0.05, 0.1) is 5.69 Å². The van der Waals surface area contributed by atoms with Gasteiger partial charge in [0.2, 0.25) is 0 Å². The first kappa shape index (κ1) is 6.91. The van der Waals surface area contributed by atoms with E-state index in [1.54, 1.807) is 18.3 Å². The van der Waals surface area contributed by atoms with Crippen LogP contribution in [0.2, 0.25) is 0 Å². The molecule has 0 saturated carbocycles. The number of pyridine rings is 2. The van der Waals surface area contributed by atoms with Crippen molar-refractivity contribution in [3.8, 4) is 0 Å². The van der Waals surface area contributed by atoms with Crippen molar-refractivity contribution in [2.75, 3.05) is 5.73 Å². The van der Waals surface area contributed by atoms with Crippen molar-refractivity contribution in [3.63, 3.8) is 0 Å². The average molecular weight is 160 g/mol. The number of nitrogens with zero attached hydrogens (tertiary/aromatic N) is 1. The molecule has 0 aromatic carbocycles. The topological polar surface area (TPSA) is 47.5 Å². The molecule has 3 nitrogen and oxygen atoms in total. The number of aromatic nitrogens is 1. The van der Waals surface area contributed by atoms with Gasteiger partial charge in [0.1, 0.15) is 0 Å². The molecule has 0 saturated heterocycles. The monoisotopic (exact) mass is 160 g/mol. The fraction of sp³-hybridized carbons (Fsp3) is 0. The Bertz CT molecular complexity index is 473. The minimum absolute atomic E-state index is 0.159. The number of hydrogen-bond donors (Lipinski definition) is 1. The Balaban J connectivity index is 3.01. The summed E-state index contributed by atoms with van der Waals surface area (Å²) in [6.07, 6.45) is 1.70. The molecule has 0 unspecified atom stereocenters. The fourth-order valence-corrected chi connectivity index (χ4v) is 1.16. The van der Waals surface area contributed by atoms with Crippen LogP contribution in [0.15, 0.2) is 41.3 Å². The lowest BCUT2D eigenvalue weighted by Crippen LogP contribution is -2.16. The van der Waals surface area contributed by atoms with Crippen LogP contribution >= 0.6 is 0 Å². The zero-order chi connectivity index (χ0) is 8.55. The predicted octanol–water partition coefficient (Wildman–Crippen LogP) is 0.882. The van der Waals surface area contributed by atoms with E-state index in [4.69, 9.17) is 5.73 Å². The molecule has 3 heteroatoms. The Hall–Kier alpha value is -1.77. The van der Waals surface area contributed by atoms with Gasteiger partial charge in [-0.2, -0.15) is 0 Å². The van der Waals surface area contributed by atoms with Crippen LogP contribution in [0.25, 0.3) is 5.52 Å². The zero-order valence-corrected chi connectivity index (χ0v) is 6.40. The Morgan fingerprint density at radius 1 is 1.17 bits per heavy atom. The van der Waals surface area contributed by atoms with E-state index < -0.39 is 0 Å². The van der Waals surface area contributed by atoms with Crippen LogP contribution in [0.4, 0.5) is 5.69 Å². The van der Waals surface area contributed by atoms with Crippen molar-refractivity contribution in [1.82, 2.24) is 4.40 Å². The minimum atomic E-state index is -0.159. The summed E-state index contributed by atoms with van der Waals surface area (Å²) in [5.74, 6) is 0. The standard InChI is InChI=1S/C9H8N2O/c10-8-5-4-7-3-1-2-6-11(7)9(8)12/h1-6H,10H2. The van der Waals surface area contributed by atoms with E-state index in [0.717, 1.165) is 5.52 Å². The van der Waals surface area contributed by atoms with Gasteiger partial charge >= 0.3 is 0 Å². The molecule has 0 aliphatic carbocycles. The maximum atomic E-state index is 11.4. The highest BCUT2D eigenvalue weighted by Crippen LogP contribution is 2.01. The van der Waals surface area contributed by atoms with Gasteiger partial charge in [0.15, 0.2) is 0 Å². The normalized spacial score (nSPS) is 10.3. The maximum absolute atomic E-state index is 11.4. The van der Waals surface area contributed by atoms with Gasteiger partial charge in [-0.25, -0.2) is 0 Å². The number of anilines is 1. The van der Waals surface area contributed by atoms with E-state index >= 15 is 0 Å². The van der Waals surface area contributed by atoms with Gasteiger partial charge in [0.25, 0.3) is 5.56 Å². The van der Waals surface area contributed by atoms with Gasteiger partial charge < -0.3 is 5.73 Å². The van der Waals surface area contributed by atoms with E-state index in [-0.39, 0.29) is 11.2 Å². The summed E-state index contributed by atoms with van der Waals surface area (Å²) in [5.41, 5.74) is 6.43. The van der Waals surface area contributed by atoms with E-state index in [2.05, 4.69) is 0 Å². The third-order valence-electron chi connectivity index (χ3n) is 1.79. The number of hydrogen-bond acceptors (Lipinski definition) is 2. The van der Waals surface area contributed by atoms with Crippen LogP contribution in [0.5, 0.6) is 0 Å². The molecule has 2 aromatic rings. The summed E-state index contributed by atoms with van der Waals surface area (Å²) in [5, 5.41) is 0. The van der Waals surface area contributed by atoms with Gasteiger partial charge in [-0.1, -0.05) is 6.07 Å². The lowest BCUT2D eigenvalue weighted by Gasteiger charge is -1.99. The quantitative estimate of drug-likeness (QED) is 0.622. The van der Waals surface area contributed by atoms with E-state index in [1.807, 2.05) is 18.2 Å². The van der Waals surface area contributed by atoms with Crippen LogP contribution in [-0.4, -0.2) is 4.40 Å². The summed E-state index contributed by atoms with van der Waals surface area (Å²) in [4.78, 5) is 11.4. The molecule has 0 fully saturated rings. The number of rotatable bonds is 0. The zero-order valence-electron chi connectivity index (χ0n) is 6.40. The third-order valence-corrected chi connectivity index (χ3v) is 1.79. The highest BCUT2D eigenvalue weighted by atomic mass is 16.1. The van der Waals surface area contributed by atoms with E-state index in [1.165, 1.54) is 4.40 Å².